The van der Waals surface area contributed by atoms with Gasteiger partial charge < -0.3 is 0 Å². The highest BCUT2D eigenvalue weighted by atomic mass is 14.7. The van der Waals surface area contributed by atoms with E-state index in [1.54, 1.807) is 5.57 Å². The van der Waals surface area contributed by atoms with E-state index in [1.807, 2.05) is 0 Å². The quantitative estimate of drug-likeness (QED) is 0.533. The Morgan fingerprint density at radius 3 is 1.71 bits per heavy atom. The standard InChI is InChI=1S/C14H22/c1-10-7-11(2)14(8-10)12(3,4)9-13(14,5)6/h7-8H,9H2,1-6H3. The van der Waals surface area contributed by atoms with Crippen LogP contribution in [-0.4, -0.2) is 0 Å². The van der Waals surface area contributed by atoms with Crippen LogP contribution in [0.15, 0.2) is 23.3 Å². The summed E-state index contributed by atoms with van der Waals surface area (Å²) >= 11 is 0. The third-order valence-electron chi connectivity index (χ3n) is 4.53. The molecule has 0 N–H and O–H groups in total. The van der Waals surface area contributed by atoms with E-state index >= 15 is 0 Å². The molecule has 1 spiro atoms. The van der Waals surface area contributed by atoms with Gasteiger partial charge in [0.2, 0.25) is 0 Å². The normalized spacial score (nSPS) is 31.0. The average Bonchev–Trinajstić information content (AvgIpc) is 2.25. The van der Waals surface area contributed by atoms with Gasteiger partial charge in [0.05, 0.1) is 0 Å². The third-order valence-corrected chi connectivity index (χ3v) is 4.53. The lowest BCUT2D eigenvalue weighted by Crippen LogP contribution is -2.59. The zero-order valence-corrected chi connectivity index (χ0v) is 10.4. The SMILES string of the molecule is CC1=CC2(C(C)=C1)C(C)(C)CC2(C)C. The van der Waals surface area contributed by atoms with Crippen LogP contribution in [-0.2, 0) is 0 Å². The van der Waals surface area contributed by atoms with E-state index in [9.17, 15) is 0 Å². The van der Waals surface area contributed by atoms with Gasteiger partial charge in [-0.2, -0.15) is 0 Å². The molecule has 0 bridgehead atoms. The summed E-state index contributed by atoms with van der Waals surface area (Å²) in [5.74, 6) is 0. The van der Waals surface area contributed by atoms with Crippen LogP contribution in [0, 0.1) is 16.2 Å². The molecule has 0 saturated heterocycles. The van der Waals surface area contributed by atoms with Crippen LogP contribution in [0.1, 0.15) is 48.0 Å². The minimum absolute atomic E-state index is 0.337. The van der Waals surface area contributed by atoms with Crippen molar-refractivity contribution in [3.05, 3.63) is 23.3 Å². The summed E-state index contributed by atoms with van der Waals surface area (Å²) in [7, 11) is 0. The fraction of sp³-hybridized carbons (Fsp3) is 0.714. The molecule has 0 atom stereocenters. The first-order valence-electron chi connectivity index (χ1n) is 5.61. The van der Waals surface area contributed by atoms with Crippen LogP contribution < -0.4 is 0 Å². The Hall–Kier alpha value is -0.520. The van der Waals surface area contributed by atoms with Crippen molar-refractivity contribution in [3.8, 4) is 0 Å². The number of hydrogen-bond acceptors (Lipinski definition) is 0. The molecule has 2 rings (SSSR count). The molecule has 0 aromatic carbocycles. The fourth-order valence-corrected chi connectivity index (χ4v) is 4.60. The van der Waals surface area contributed by atoms with Gasteiger partial charge in [-0.25, -0.2) is 0 Å². The second kappa shape index (κ2) is 2.35. The van der Waals surface area contributed by atoms with E-state index in [4.69, 9.17) is 0 Å². The van der Waals surface area contributed by atoms with Crippen molar-refractivity contribution in [1.29, 1.82) is 0 Å². The first kappa shape index (κ1) is 10.0. The molecule has 0 aliphatic heterocycles. The number of rotatable bonds is 0. The summed E-state index contributed by atoms with van der Waals surface area (Å²) in [6.07, 6.45) is 6.20. The molecule has 0 heteroatoms. The van der Waals surface area contributed by atoms with Gasteiger partial charge in [0.1, 0.15) is 0 Å². The molecule has 1 fully saturated rings. The van der Waals surface area contributed by atoms with Gasteiger partial charge in [0.25, 0.3) is 0 Å². The van der Waals surface area contributed by atoms with E-state index in [-0.39, 0.29) is 0 Å². The summed E-state index contributed by atoms with van der Waals surface area (Å²) in [6.45, 7) is 14.2. The summed E-state index contributed by atoms with van der Waals surface area (Å²) in [6, 6.07) is 0. The predicted octanol–water partition coefficient (Wildman–Crippen LogP) is 4.34. The maximum Gasteiger partial charge on any atom is 0.0199 e. The predicted molar refractivity (Wildman–Crippen MR) is 62.1 cm³/mol. The Bertz CT molecular complexity index is 323. The minimum atomic E-state index is 0.337. The molecule has 14 heavy (non-hydrogen) atoms. The van der Waals surface area contributed by atoms with Crippen molar-refractivity contribution in [1.82, 2.24) is 0 Å². The summed E-state index contributed by atoms with van der Waals surface area (Å²) in [4.78, 5) is 0. The average molecular weight is 190 g/mol. The molecule has 2 aliphatic rings. The minimum Gasteiger partial charge on any atom is -0.0703 e. The van der Waals surface area contributed by atoms with Crippen LogP contribution in [0.4, 0.5) is 0 Å². The summed E-state index contributed by atoms with van der Waals surface area (Å²) in [5, 5.41) is 0. The van der Waals surface area contributed by atoms with E-state index in [0.29, 0.717) is 16.2 Å². The van der Waals surface area contributed by atoms with Crippen LogP contribution in [0.2, 0.25) is 0 Å². The second-order valence-corrected chi connectivity index (χ2v) is 6.47. The first-order chi connectivity index (χ1) is 6.23. The van der Waals surface area contributed by atoms with Crippen LogP contribution in [0.25, 0.3) is 0 Å². The van der Waals surface area contributed by atoms with Crippen LogP contribution >= 0.6 is 0 Å². The van der Waals surface area contributed by atoms with Gasteiger partial charge in [-0.3, -0.25) is 0 Å². The molecule has 0 unspecified atom stereocenters. The van der Waals surface area contributed by atoms with Crippen molar-refractivity contribution in [3.63, 3.8) is 0 Å². The molecule has 0 heterocycles. The summed E-state index contributed by atoms with van der Waals surface area (Å²) in [5.41, 5.74) is 4.23. The van der Waals surface area contributed by atoms with Gasteiger partial charge in [0, 0.05) is 5.41 Å². The third kappa shape index (κ3) is 0.852. The zero-order valence-electron chi connectivity index (χ0n) is 10.4. The van der Waals surface area contributed by atoms with Gasteiger partial charge in [0.15, 0.2) is 0 Å². The molecule has 0 nitrogen and oxygen atoms in total. The van der Waals surface area contributed by atoms with Crippen molar-refractivity contribution >= 4 is 0 Å². The molecule has 78 valence electrons. The van der Waals surface area contributed by atoms with Crippen LogP contribution in [0.3, 0.4) is 0 Å². The lowest BCUT2D eigenvalue weighted by molar-refractivity contribution is -0.117. The molecule has 2 aliphatic carbocycles. The maximum atomic E-state index is 2.51. The Kier molecular flexibility index (Phi) is 1.68. The zero-order chi connectivity index (χ0) is 10.8. The fourth-order valence-electron chi connectivity index (χ4n) is 4.60. The van der Waals surface area contributed by atoms with Gasteiger partial charge in [-0.15, -0.1) is 0 Å². The van der Waals surface area contributed by atoms with Crippen molar-refractivity contribution < 1.29 is 0 Å². The monoisotopic (exact) mass is 190 g/mol. The van der Waals surface area contributed by atoms with Crippen molar-refractivity contribution in [2.24, 2.45) is 16.2 Å². The number of hydrogen-bond donors (Lipinski definition) is 0. The lowest BCUT2D eigenvalue weighted by atomic mass is 9.37. The van der Waals surface area contributed by atoms with Gasteiger partial charge in [-0.1, -0.05) is 51.0 Å². The number of allylic oxidation sites excluding steroid dienone is 4. The van der Waals surface area contributed by atoms with E-state index in [0.717, 1.165) is 0 Å². The molecule has 0 radical (unpaired) electrons. The van der Waals surface area contributed by atoms with Gasteiger partial charge in [-0.05, 0) is 31.1 Å². The van der Waals surface area contributed by atoms with Gasteiger partial charge >= 0.3 is 0 Å². The highest BCUT2D eigenvalue weighted by molar-refractivity contribution is 5.46. The smallest absolute Gasteiger partial charge is 0.0199 e. The molecular weight excluding hydrogens is 168 g/mol. The van der Waals surface area contributed by atoms with Crippen molar-refractivity contribution in [2.75, 3.05) is 0 Å². The largest absolute Gasteiger partial charge is 0.0703 e. The Labute approximate surface area is 88.1 Å². The maximum absolute atomic E-state index is 2.51. The second-order valence-electron chi connectivity index (χ2n) is 6.47. The highest BCUT2D eigenvalue weighted by Gasteiger charge is 2.65. The molecule has 0 aromatic heterocycles. The van der Waals surface area contributed by atoms with Crippen LogP contribution in [0.5, 0.6) is 0 Å². The summed E-state index contributed by atoms with van der Waals surface area (Å²) < 4.78 is 0. The molecule has 0 amide bonds. The first-order valence-corrected chi connectivity index (χ1v) is 5.61. The topological polar surface area (TPSA) is 0 Å². The lowest BCUT2D eigenvalue weighted by Gasteiger charge is -2.66. The molecule has 1 saturated carbocycles. The van der Waals surface area contributed by atoms with Crippen molar-refractivity contribution in [2.45, 2.75) is 48.0 Å². The van der Waals surface area contributed by atoms with E-state index in [2.05, 4.69) is 53.7 Å². The Balaban J connectivity index is 2.55. The molecule has 0 aromatic rings. The highest BCUT2D eigenvalue weighted by Crippen LogP contribution is 2.73. The molecular formula is C14H22. The Morgan fingerprint density at radius 1 is 1.00 bits per heavy atom. The Morgan fingerprint density at radius 2 is 1.50 bits per heavy atom. The van der Waals surface area contributed by atoms with E-state index in [1.165, 1.54) is 12.0 Å². The van der Waals surface area contributed by atoms with E-state index < -0.39 is 0 Å².